The Morgan fingerprint density at radius 3 is 2.86 bits per heavy atom. The van der Waals surface area contributed by atoms with Crippen LogP contribution in [0.5, 0.6) is 5.75 Å². The van der Waals surface area contributed by atoms with Crippen molar-refractivity contribution >= 4 is 16.7 Å². The molecule has 4 rings (SSSR count). The SMILES string of the molecule is COc1ccc(-c2nc3cnccc3n2C2CC2)c(N)c1. The standard InChI is InChI=1S/C16H16N4O/c1-21-11-4-5-12(13(17)8-11)16-19-14-9-18-7-6-15(14)20(16)10-2-3-10/h4-10H,2-3,17H2,1H3. The smallest absolute Gasteiger partial charge is 0.143 e. The largest absolute Gasteiger partial charge is 0.497 e. The van der Waals surface area contributed by atoms with Gasteiger partial charge in [0.05, 0.1) is 18.8 Å². The van der Waals surface area contributed by atoms with Crippen LogP contribution in [-0.4, -0.2) is 21.6 Å². The molecular formula is C16H16N4O. The quantitative estimate of drug-likeness (QED) is 0.749. The van der Waals surface area contributed by atoms with Crippen LogP contribution in [0.3, 0.4) is 0 Å². The molecule has 0 unspecified atom stereocenters. The van der Waals surface area contributed by atoms with Crippen LogP contribution < -0.4 is 10.5 Å². The predicted octanol–water partition coefficient (Wildman–Crippen LogP) is 3.02. The third-order valence-corrected chi connectivity index (χ3v) is 3.90. The number of pyridine rings is 1. The van der Waals surface area contributed by atoms with E-state index >= 15 is 0 Å². The Kier molecular flexibility index (Phi) is 2.60. The number of fused-ring (bicyclic) bond motifs is 1. The Balaban J connectivity index is 1.95. The number of nitrogens with zero attached hydrogens (tertiary/aromatic N) is 3. The number of nitrogens with two attached hydrogens (primary N) is 1. The van der Waals surface area contributed by atoms with Gasteiger partial charge >= 0.3 is 0 Å². The Labute approximate surface area is 122 Å². The number of aromatic nitrogens is 3. The first-order valence-electron chi connectivity index (χ1n) is 7.04. The summed E-state index contributed by atoms with van der Waals surface area (Å²) in [6, 6.07) is 8.27. The number of nitrogen functional groups attached to an aromatic ring is 1. The first-order valence-corrected chi connectivity index (χ1v) is 7.04. The maximum absolute atomic E-state index is 6.19. The zero-order valence-electron chi connectivity index (χ0n) is 11.8. The van der Waals surface area contributed by atoms with Gasteiger partial charge in [0, 0.05) is 29.6 Å². The van der Waals surface area contributed by atoms with Gasteiger partial charge in [0.2, 0.25) is 0 Å². The zero-order chi connectivity index (χ0) is 14.4. The highest BCUT2D eigenvalue weighted by atomic mass is 16.5. The van der Waals surface area contributed by atoms with Gasteiger partial charge < -0.3 is 15.0 Å². The van der Waals surface area contributed by atoms with Crippen LogP contribution in [0.2, 0.25) is 0 Å². The van der Waals surface area contributed by atoms with Crippen LogP contribution >= 0.6 is 0 Å². The Bertz CT molecular complexity index is 820. The summed E-state index contributed by atoms with van der Waals surface area (Å²) >= 11 is 0. The molecule has 0 radical (unpaired) electrons. The summed E-state index contributed by atoms with van der Waals surface area (Å²) in [7, 11) is 1.64. The highest BCUT2D eigenvalue weighted by Crippen LogP contribution is 2.42. The second-order valence-electron chi connectivity index (χ2n) is 5.35. The topological polar surface area (TPSA) is 66.0 Å². The highest BCUT2D eigenvalue weighted by molar-refractivity contribution is 5.83. The molecule has 106 valence electrons. The van der Waals surface area contributed by atoms with Gasteiger partial charge in [-0.15, -0.1) is 0 Å². The summed E-state index contributed by atoms with van der Waals surface area (Å²) in [6.45, 7) is 0. The van der Waals surface area contributed by atoms with Gasteiger partial charge in [-0.25, -0.2) is 4.98 Å². The van der Waals surface area contributed by atoms with Gasteiger partial charge in [0.1, 0.15) is 17.1 Å². The van der Waals surface area contributed by atoms with Gasteiger partial charge in [0.25, 0.3) is 0 Å². The van der Waals surface area contributed by atoms with Gasteiger partial charge in [-0.3, -0.25) is 4.98 Å². The molecule has 0 spiro atoms. The van der Waals surface area contributed by atoms with Gasteiger partial charge in [-0.1, -0.05) is 0 Å². The molecule has 1 saturated carbocycles. The summed E-state index contributed by atoms with van der Waals surface area (Å²) < 4.78 is 7.50. The van der Waals surface area contributed by atoms with Crippen LogP contribution in [0.25, 0.3) is 22.4 Å². The number of methoxy groups -OCH3 is 1. The molecule has 5 heteroatoms. The molecule has 1 fully saturated rings. The first-order chi connectivity index (χ1) is 10.3. The Morgan fingerprint density at radius 1 is 1.29 bits per heavy atom. The van der Waals surface area contributed by atoms with Crippen LogP contribution in [-0.2, 0) is 0 Å². The van der Waals surface area contributed by atoms with Gasteiger partial charge in [-0.2, -0.15) is 0 Å². The second-order valence-corrected chi connectivity index (χ2v) is 5.35. The zero-order valence-corrected chi connectivity index (χ0v) is 11.8. The van der Waals surface area contributed by atoms with Crippen LogP contribution in [0, 0.1) is 0 Å². The lowest BCUT2D eigenvalue weighted by molar-refractivity contribution is 0.415. The van der Waals surface area contributed by atoms with E-state index in [9.17, 15) is 0 Å². The molecular weight excluding hydrogens is 264 g/mol. The summed E-state index contributed by atoms with van der Waals surface area (Å²) in [6.07, 6.45) is 6.00. The lowest BCUT2D eigenvalue weighted by Gasteiger charge is -2.10. The summed E-state index contributed by atoms with van der Waals surface area (Å²) in [5.74, 6) is 1.67. The number of ether oxygens (including phenoxy) is 1. The second kappa shape index (κ2) is 4.48. The lowest BCUT2D eigenvalue weighted by Crippen LogP contribution is -2.00. The molecule has 21 heavy (non-hydrogen) atoms. The Morgan fingerprint density at radius 2 is 2.14 bits per heavy atom. The predicted molar refractivity (Wildman–Crippen MR) is 82.2 cm³/mol. The van der Waals surface area contributed by atoms with E-state index in [0.29, 0.717) is 11.7 Å². The van der Waals surface area contributed by atoms with Crippen LogP contribution in [0.4, 0.5) is 5.69 Å². The first kappa shape index (κ1) is 12.2. The van der Waals surface area contributed by atoms with Crippen LogP contribution in [0.15, 0.2) is 36.7 Å². The van der Waals surface area contributed by atoms with Crippen molar-refractivity contribution < 1.29 is 4.74 Å². The van der Waals surface area contributed by atoms with Crippen molar-refractivity contribution in [3.8, 4) is 17.1 Å². The monoisotopic (exact) mass is 280 g/mol. The highest BCUT2D eigenvalue weighted by Gasteiger charge is 2.29. The molecule has 0 saturated heterocycles. The van der Waals surface area contributed by atoms with Crippen molar-refractivity contribution in [1.29, 1.82) is 0 Å². The molecule has 0 bridgehead atoms. The molecule has 0 aliphatic heterocycles. The van der Waals surface area contributed by atoms with Crippen LogP contribution in [0.1, 0.15) is 18.9 Å². The van der Waals surface area contributed by atoms with Crippen molar-refractivity contribution in [2.45, 2.75) is 18.9 Å². The van der Waals surface area contributed by atoms with Crippen molar-refractivity contribution in [2.75, 3.05) is 12.8 Å². The number of hydrogen-bond donors (Lipinski definition) is 1. The van der Waals surface area contributed by atoms with Gasteiger partial charge in [0.15, 0.2) is 0 Å². The van der Waals surface area contributed by atoms with Crippen molar-refractivity contribution in [3.05, 3.63) is 36.7 Å². The normalized spacial score (nSPS) is 14.5. The molecule has 0 atom stereocenters. The fraction of sp³-hybridized carbons (Fsp3) is 0.250. The molecule has 3 aromatic rings. The number of benzene rings is 1. The summed E-state index contributed by atoms with van der Waals surface area (Å²) in [5, 5.41) is 0. The van der Waals surface area contributed by atoms with Crippen molar-refractivity contribution in [3.63, 3.8) is 0 Å². The van der Waals surface area contributed by atoms with E-state index in [2.05, 4.69) is 9.55 Å². The average Bonchev–Trinajstić information content (AvgIpc) is 3.27. The third-order valence-electron chi connectivity index (χ3n) is 3.90. The molecule has 1 aromatic carbocycles. The molecule has 2 heterocycles. The molecule has 0 amide bonds. The van der Waals surface area contributed by atoms with E-state index in [-0.39, 0.29) is 0 Å². The number of anilines is 1. The number of hydrogen-bond acceptors (Lipinski definition) is 4. The number of rotatable bonds is 3. The fourth-order valence-electron chi connectivity index (χ4n) is 2.71. The minimum absolute atomic E-state index is 0.522. The maximum Gasteiger partial charge on any atom is 0.143 e. The lowest BCUT2D eigenvalue weighted by atomic mass is 10.1. The van der Waals surface area contributed by atoms with E-state index in [4.69, 9.17) is 15.5 Å². The minimum atomic E-state index is 0.522. The number of imidazole rings is 1. The van der Waals surface area contributed by atoms with E-state index in [1.807, 2.05) is 30.5 Å². The Hall–Kier alpha value is -2.56. The van der Waals surface area contributed by atoms with E-state index in [1.54, 1.807) is 13.3 Å². The summed E-state index contributed by atoms with van der Waals surface area (Å²) in [4.78, 5) is 8.90. The minimum Gasteiger partial charge on any atom is -0.497 e. The summed E-state index contributed by atoms with van der Waals surface area (Å²) in [5.41, 5.74) is 9.85. The average molecular weight is 280 g/mol. The third kappa shape index (κ3) is 1.93. The van der Waals surface area contributed by atoms with E-state index in [0.717, 1.165) is 28.2 Å². The fourth-order valence-corrected chi connectivity index (χ4v) is 2.71. The maximum atomic E-state index is 6.19. The van der Waals surface area contributed by atoms with E-state index < -0.39 is 0 Å². The molecule has 1 aliphatic carbocycles. The molecule has 5 nitrogen and oxygen atoms in total. The molecule has 2 N–H and O–H groups in total. The van der Waals surface area contributed by atoms with Crippen molar-refractivity contribution in [1.82, 2.24) is 14.5 Å². The van der Waals surface area contributed by atoms with Crippen molar-refractivity contribution in [2.24, 2.45) is 0 Å². The molecule has 1 aliphatic rings. The van der Waals surface area contributed by atoms with E-state index in [1.165, 1.54) is 12.8 Å². The van der Waals surface area contributed by atoms with Gasteiger partial charge in [-0.05, 0) is 31.0 Å². The molecule has 2 aromatic heterocycles.